The molecule has 2 aliphatic rings. The van der Waals surface area contributed by atoms with Gasteiger partial charge in [-0.3, -0.25) is 9.59 Å². The highest BCUT2D eigenvalue weighted by atomic mass is 32.2. The smallest absolute Gasteiger partial charge is 0.339 e. The molecule has 2 fully saturated rings. The van der Waals surface area contributed by atoms with Crippen LogP contribution in [0.5, 0.6) is 0 Å². The van der Waals surface area contributed by atoms with Crippen molar-refractivity contribution in [2.75, 3.05) is 18.1 Å². The fourth-order valence-electron chi connectivity index (χ4n) is 3.71. The second-order valence-electron chi connectivity index (χ2n) is 7.26. The van der Waals surface area contributed by atoms with Gasteiger partial charge in [-0.1, -0.05) is 18.2 Å². The zero-order valence-corrected chi connectivity index (χ0v) is 15.9. The van der Waals surface area contributed by atoms with Crippen molar-refractivity contribution in [2.45, 2.75) is 31.3 Å². The van der Waals surface area contributed by atoms with Crippen LogP contribution in [0.1, 0.15) is 29.6 Å². The van der Waals surface area contributed by atoms with Gasteiger partial charge in [0.2, 0.25) is 5.56 Å². The Balaban J connectivity index is 1.49. The number of rotatable bonds is 5. The number of amides is 1. The standard InChI is InChI=1S/C19H20N2O6S/c22-17-9-15(14-3-1-2-4-16(14)20-17)19(24)27-10-18(23)21(12-5-6-12)13-7-8-28(25,26)11-13/h1-4,9,12-13H,5-8,10-11H2,(H,20,22)/t13-/m1/s1. The van der Waals surface area contributed by atoms with Crippen molar-refractivity contribution in [3.8, 4) is 0 Å². The van der Waals surface area contributed by atoms with Crippen molar-refractivity contribution in [3.63, 3.8) is 0 Å². The number of aromatic nitrogens is 1. The summed E-state index contributed by atoms with van der Waals surface area (Å²) in [5, 5.41) is 0.528. The fraction of sp³-hybridized carbons (Fsp3) is 0.421. The molecule has 2 heterocycles. The monoisotopic (exact) mass is 404 g/mol. The van der Waals surface area contributed by atoms with E-state index in [2.05, 4.69) is 4.98 Å². The summed E-state index contributed by atoms with van der Waals surface area (Å²) in [5.41, 5.74) is 0.158. The molecule has 1 aliphatic carbocycles. The maximum absolute atomic E-state index is 12.7. The number of benzene rings is 1. The lowest BCUT2D eigenvalue weighted by molar-refractivity contribution is -0.137. The number of sulfone groups is 1. The summed E-state index contributed by atoms with van der Waals surface area (Å²) >= 11 is 0. The van der Waals surface area contributed by atoms with Crippen LogP contribution in [0.2, 0.25) is 0 Å². The highest BCUT2D eigenvalue weighted by Crippen LogP contribution is 2.32. The maximum atomic E-state index is 12.7. The Labute approximate surface area is 161 Å². The molecule has 1 saturated heterocycles. The van der Waals surface area contributed by atoms with E-state index >= 15 is 0 Å². The molecule has 1 amide bonds. The van der Waals surface area contributed by atoms with Crippen LogP contribution in [0.3, 0.4) is 0 Å². The van der Waals surface area contributed by atoms with Crippen LogP contribution in [-0.2, 0) is 19.4 Å². The van der Waals surface area contributed by atoms with Gasteiger partial charge in [0.1, 0.15) is 0 Å². The quantitative estimate of drug-likeness (QED) is 0.740. The van der Waals surface area contributed by atoms with E-state index < -0.39 is 33.9 Å². The van der Waals surface area contributed by atoms with Crippen molar-refractivity contribution >= 4 is 32.6 Å². The molecule has 1 aromatic carbocycles. The molecule has 28 heavy (non-hydrogen) atoms. The zero-order chi connectivity index (χ0) is 19.9. The molecule has 1 saturated carbocycles. The summed E-state index contributed by atoms with van der Waals surface area (Å²) in [6.07, 6.45) is 2.07. The van der Waals surface area contributed by atoms with Crippen LogP contribution in [0, 0.1) is 0 Å². The third-order valence-corrected chi connectivity index (χ3v) is 6.88. The van der Waals surface area contributed by atoms with E-state index in [9.17, 15) is 22.8 Å². The predicted molar refractivity (Wildman–Crippen MR) is 102 cm³/mol. The van der Waals surface area contributed by atoms with Crippen molar-refractivity contribution in [3.05, 3.63) is 46.2 Å². The second-order valence-corrected chi connectivity index (χ2v) is 9.49. The number of aromatic amines is 1. The summed E-state index contributed by atoms with van der Waals surface area (Å²) in [6.45, 7) is -0.479. The number of esters is 1. The first kappa shape index (κ1) is 18.7. The number of hydrogen-bond acceptors (Lipinski definition) is 6. The first-order valence-corrected chi connectivity index (χ1v) is 11.0. The van der Waals surface area contributed by atoms with Crippen LogP contribution < -0.4 is 5.56 Å². The van der Waals surface area contributed by atoms with Gasteiger partial charge in [0, 0.05) is 29.1 Å². The minimum absolute atomic E-state index is 0.0184. The van der Waals surface area contributed by atoms with Crippen LogP contribution in [0.15, 0.2) is 35.1 Å². The lowest BCUT2D eigenvalue weighted by atomic mass is 10.1. The van der Waals surface area contributed by atoms with Gasteiger partial charge in [0.15, 0.2) is 16.4 Å². The third-order valence-electron chi connectivity index (χ3n) is 5.13. The van der Waals surface area contributed by atoms with Gasteiger partial charge < -0.3 is 14.6 Å². The summed E-state index contributed by atoms with van der Waals surface area (Å²) in [4.78, 5) is 41.2. The molecule has 0 radical (unpaired) electrons. The number of ether oxygens (including phenoxy) is 1. The van der Waals surface area contributed by atoms with E-state index in [1.54, 1.807) is 29.2 Å². The van der Waals surface area contributed by atoms with E-state index in [-0.39, 0.29) is 29.2 Å². The lowest BCUT2D eigenvalue weighted by Crippen LogP contribution is -2.44. The van der Waals surface area contributed by atoms with Gasteiger partial charge in [-0.15, -0.1) is 0 Å². The number of nitrogens with one attached hydrogen (secondary N) is 1. The minimum Gasteiger partial charge on any atom is -0.452 e. The molecular formula is C19H20N2O6S. The average Bonchev–Trinajstić information content (AvgIpc) is 3.42. The number of hydrogen-bond donors (Lipinski definition) is 1. The Morgan fingerprint density at radius 2 is 1.89 bits per heavy atom. The molecule has 1 atom stereocenters. The van der Waals surface area contributed by atoms with Gasteiger partial charge >= 0.3 is 5.97 Å². The van der Waals surface area contributed by atoms with E-state index in [1.807, 2.05) is 0 Å². The summed E-state index contributed by atoms with van der Waals surface area (Å²) in [5.74, 6) is -1.12. The molecule has 1 N–H and O–H groups in total. The maximum Gasteiger partial charge on any atom is 0.339 e. The lowest BCUT2D eigenvalue weighted by Gasteiger charge is -2.28. The first-order chi connectivity index (χ1) is 13.3. The zero-order valence-electron chi connectivity index (χ0n) is 15.1. The molecule has 1 aliphatic heterocycles. The van der Waals surface area contributed by atoms with Crippen molar-refractivity contribution in [1.29, 1.82) is 0 Å². The number of nitrogens with zero attached hydrogens (tertiary/aromatic N) is 1. The molecule has 148 valence electrons. The highest BCUT2D eigenvalue weighted by Gasteiger charge is 2.42. The molecule has 0 unspecified atom stereocenters. The average molecular weight is 404 g/mol. The molecule has 2 aromatic rings. The number of pyridine rings is 1. The van der Waals surface area contributed by atoms with Gasteiger partial charge in [-0.2, -0.15) is 0 Å². The topological polar surface area (TPSA) is 114 Å². The van der Waals surface area contributed by atoms with E-state index in [4.69, 9.17) is 4.74 Å². The predicted octanol–water partition coefficient (Wildman–Crippen LogP) is 0.863. The number of H-pyrrole nitrogens is 1. The Morgan fingerprint density at radius 3 is 2.57 bits per heavy atom. The number of fused-ring (bicyclic) bond motifs is 1. The summed E-state index contributed by atoms with van der Waals surface area (Å²) in [7, 11) is -3.12. The summed E-state index contributed by atoms with van der Waals surface area (Å²) < 4.78 is 28.7. The molecule has 9 heteroatoms. The largest absolute Gasteiger partial charge is 0.452 e. The molecule has 4 rings (SSSR count). The van der Waals surface area contributed by atoms with Crippen molar-refractivity contribution in [2.24, 2.45) is 0 Å². The number of carbonyl (C=O) groups is 2. The Kier molecular flexibility index (Phi) is 4.70. The van der Waals surface area contributed by atoms with Crippen LogP contribution in [0.25, 0.3) is 10.9 Å². The van der Waals surface area contributed by atoms with E-state index in [1.165, 1.54) is 0 Å². The van der Waals surface area contributed by atoms with Gasteiger partial charge in [0.25, 0.3) is 5.91 Å². The number of carbonyl (C=O) groups excluding carboxylic acids is 2. The van der Waals surface area contributed by atoms with Crippen LogP contribution in [0.4, 0.5) is 0 Å². The highest BCUT2D eigenvalue weighted by molar-refractivity contribution is 7.91. The minimum atomic E-state index is -3.12. The van der Waals surface area contributed by atoms with Crippen LogP contribution >= 0.6 is 0 Å². The summed E-state index contributed by atoms with van der Waals surface area (Å²) in [6, 6.07) is 7.64. The van der Waals surface area contributed by atoms with Gasteiger partial charge in [-0.25, -0.2) is 13.2 Å². The van der Waals surface area contributed by atoms with Crippen molar-refractivity contribution in [1.82, 2.24) is 9.88 Å². The molecule has 1 aromatic heterocycles. The second kappa shape index (κ2) is 7.05. The first-order valence-electron chi connectivity index (χ1n) is 9.15. The van der Waals surface area contributed by atoms with Crippen LogP contribution in [-0.4, -0.2) is 60.4 Å². The van der Waals surface area contributed by atoms with Gasteiger partial charge in [0.05, 0.1) is 17.1 Å². The molecule has 8 nitrogen and oxygen atoms in total. The third kappa shape index (κ3) is 3.80. The van der Waals surface area contributed by atoms with E-state index in [0.29, 0.717) is 17.3 Å². The number of para-hydroxylation sites is 1. The fourth-order valence-corrected chi connectivity index (χ4v) is 5.42. The molecule has 0 spiro atoms. The van der Waals surface area contributed by atoms with Crippen molar-refractivity contribution < 1.29 is 22.7 Å². The normalized spacial score (nSPS) is 20.8. The Hall–Kier alpha value is -2.68. The molecule has 0 bridgehead atoms. The van der Waals surface area contributed by atoms with E-state index in [0.717, 1.165) is 18.9 Å². The Bertz CT molecular complexity index is 1100. The molecular weight excluding hydrogens is 384 g/mol. The SMILES string of the molecule is O=C(OCC(=O)N(C1CC1)[C@@H]1CCS(=O)(=O)C1)c1cc(=O)[nH]c2ccccc12. The Morgan fingerprint density at radius 1 is 1.14 bits per heavy atom. The van der Waals surface area contributed by atoms with Gasteiger partial charge in [-0.05, 0) is 25.3 Å².